The van der Waals surface area contributed by atoms with Gasteiger partial charge in [-0.3, -0.25) is 0 Å². The van der Waals surface area contributed by atoms with E-state index in [9.17, 15) is 8.78 Å². The molecule has 26 heavy (non-hydrogen) atoms. The lowest BCUT2D eigenvalue weighted by Gasteiger charge is -1.98. The lowest BCUT2D eigenvalue weighted by Crippen LogP contribution is -1.97. The summed E-state index contributed by atoms with van der Waals surface area (Å²) in [6.07, 6.45) is -0.989. The maximum absolute atomic E-state index is 12.5. The molecule has 0 spiro atoms. The van der Waals surface area contributed by atoms with Crippen molar-refractivity contribution in [2.24, 2.45) is 0 Å². The van der Waals surface area contributed by atoms with Gasteiger partial charge in [0.15, 0.2) is 0 Å². The van der Waals surface area contributed by atoms with Crippen molar-refractivity contribution in [3.8, 4) is 22.0 Å². The van der Waals surface area contributed by atoms with Gasteiger partial charge in [0, 0.05) is 10.4 Å². The smallest absolute Gasteiger partial charge is 0.314 e. The minimum absolute atomic E-state index is 0.0758. The highest BCUT2D eigenvalue weighted by molar-refractivity contribution is 7.15. The molecule has 1 aromatic carbocycles. The molecule has 0 aliphatic heterocycles. The summed E-state index contributed by atoms with van der Waals surface area (Å²) in [5.41, 5.74) is 1.48. The van der Waals surface area contributed by atoms with Crippen molar-refractivity contribution in [2.45, 2.75) is 13.0 Å². The minimum Gasteiger partial charge on any atom is -0.414 e. The summed E-state index contributed by atoms with van der Waals surface area (Å²) in [5, 5.41) is 15.8. The summed E-state index contributed by atoms with van der Waals surface area (Å²) in [4.78, 5) is 1.55. The second-order valence-corrected chi connectivity index (χ2v) is 6.87. The van der Waals surface area contributed by atoms with E-state index in [0.717, 1.165) is 10.4 Å². The van der Waals surface area contributed by atoms with Gasteiger partial charge in [0.05, 0.1) is 22.6 Å². The van der Waals surface area contributed by atoms with Crippen LogP contribution in [0.25, 0.3) is 22.0 Å². The first-order valence-electron chi connectivity index (χ1n) is 7.46. The fraction of sp³-hybridized carbons (Fsp3) is 0.125. The van der Waals surface area contributed by atoms with Crippen LogP contribution in [0.3, 0.4) is 0 Å². The van der Waals surface area contributed by atoms with E-state index >= 15 is 0 Å². The summed E-state index contributed by atoms with van der Waals surface area (Å²) < 4.78 is 31.7. The molecule has 6 nitrogen and oxygen atoms in total. The van der Waals surface area contributed by atoms with E-state index in [-0.39, 0.29) is 5.89 Å². The molecule has 0 unspecified atom stereocenters. The minimum atomic E-state index is -2.78. The highest BCUT2D eigenvalue weighted by Gasteiger charge is 2.18. The molecule has 0 saturated heterocycles. The number of halogens is 3. The Labute approximate surface area is 155 Å². The molecule has 0 saturated carbocycles. The van der Waals surface area contributed by atoms with Crippen LogP contribution in [0, 0.1) is 0 Å². The van der Waals surface area contributed by atoms with Gasteiger partial charge < -0.3 is 4.42 Å². The predicted molar refractivity (Wildman–Crippen MR) is 92.1 cm³/mol. The molecule has 132 valence electrons. The third-order valence-electron chi connectivity index (χ3n) is 3.51. The van der Waals surface area contributed by atoms with E-state index < -0.39 is 12.3 Å². The molecule has 4 aromatic rings. The van der Waals surface area contributed by atoms with Crippen molar-refractivity contribution in [1.82, 2.24) is 25.2 Å². The molecule has 10 heteroatoms. The summed E-state index contributed by atoms with van der Waals surface area (Å²) in [7, 11) is 0. The maximum Gasteiger partial charge on any atom is 0.314 e. The van der Waals surface area contributed by atoms with Gasteiger partial charge in [-0.05, 0) is 18.2 Å². The Morgan fingerprint density at radius 1 is 1.12 bits per heavy atom. The number of hydrogen-bond acceptors (Lipinski definition) is 6. The van der Waals surface area contributed by atoms with Crippen molar-refractivity contribution in [3.05, 3.63) is 58.4 Å². The van der Waals surface area contributed by atoms with Crippen LogP contribution in [0.2, 0.25) is 5.02 Å². The zero-order valence-electron chi connectivity index (χ0n) is 13.0. The van der Waals surface area contributed by atoms with Crippen LogP contribution in [0.4, 0.5) is 8.78 Å². The largest absolute Gasteiger partial charge is 0.414 e. The van der Waals surface area contributed by atoms with Crippen LogP contribution in [0.15, 0.2) is 47.0 Å². The zero-order chi connectivity index (χ0) is 18.1. The summed E-state index contributed by atoms with van der Waals surface area (Å²) in [6, 6.07) is 11.0. The van der Waals surface area contributed by atoms with Crippen LogP contribution in [-0.2, 0) is 6.54 Å². The van der Waals surface area contributed by atoms with Crippen molar-refractivity contribution in [1.29, 1.82) is 0 Å². The Morgan fingerprint density at radius 3 is 2.73 bits per heavy atom. The van der Waals surface area contributed by atoms with E-state index in [4.69, 9.17) is 16.0 Å². The number of aromatic nitrogens is 5. The Bertz CT molecular complexity index is 1040. The molecule has 3 heterocycles. The molecule has 0 fully saturated rings. The first-order valence-corrected chi connectivity index (χ1v) is 8.65. The van der Waals surface area contributed by atoms with Gasteiger partial charge in [0.2, 0.25) is 0 Å². The van der Waals surface area contributed by atoms with E-state index in [1.54, 1.807) is 23.0 Å². The number of alkyl halides is 2. The van der Waals surface area contributed by atoms with E-state index in [1.165, 1.54) is 11.3 Å². The average molecular weight is 394 g/mol. The van der Waals surface area contributed by atoms with Crippen LogP contribution < -0.4 is 0 Å². The molecule has 0 N–H and O–H groups in total. The zero-order valence-corrected chi connectivity index (χ0v) is 14.6. The summed E-state index contributed by atoms with van der Waals surface area (Å²) >= 11 is 7.53. The molecule has 0 bridgehead atoms. The van der Waals surface area contributed by atoms with Gasteiger partial charge in [0.1, 0.15) is 5.69 Å². The molecule has 0 aliphatic rings. The highest BCUT2D eigenvalue weighted by atomic mass is 35.5. The monoisotopic (exact) mass is 393 g/mol. The van der Waals surface area contributed by atoms with Crippen LogP contribution >= 0.6 is 22.9 Å². The van der Waals surface area contributed by atoms with E-state index in [2.05, 4.69) is 20.5 Å². The van der Waals surface area contributed by atoms with E-state index in [0.29, 0.717) is 22.1 Å². The second kappa shape index (κ2) is 6.93. The van der Waals surface area contributed by atoms with Gasteiger partial charge >= 0.3 is 6.43 Å². The van der Waals surface area contributed by atoms with Gasteiger partial charge in [0.25, 0.3) is 11.8 Å². The van der Waals surface area contributed by atoms with Crippen LogP contribution in [0.1, 0.15) is 17.2 Å². The van der Waals surface area contributed by atoms with Gasteiger partial charge in [-0.1, -0.05) is 35.0 Å². The average Bonchev–Trinajstić information content (AvgIpc) is 3.35. The third-order valence-corrected chi connectivity index (χ3v) is 4.89. The molecule has 0 atom stereocenters. The number of thiophene rings is 1. The molecule has 3 aromatic heterocycles. The molecular weight excluding hydrogens is 384 g/mol. The number of rotatable bonds is 5. The SMILES string of the molecule is FC(F)c1nnc(-c2ccc(Cn3cc(-c4ccccc4Cl)nn3)s2)o1. The first kappa shape index (κ1) is 16.8. The summed E-state index contributed by atoms with van der Waals surface area (Å²) in [6.45, 7) is 0.470. The number of hydrogen-bond donors (Lipinski definition) is 0. The van der Waals surface area contributed by atoms with Gasteiger partial charge in [-0.25, -0.2) is 4.68 Å². The van der Waals surface area contributed by atoms with Crippen LogP contribution in [0.5, 0.6) is 0 Å². The first-order chi connectivity index (χ1) is 12.6. The third kappa shape index (κ3) is 3.35. The lowest BCUT2D eigenvalue weighted by molar-refractivity contribution is 0.116. The standard InChI is InChI=1S/C16H10ClF2N5OS/c17-11-4-2-1-3-10(11)12-8-24(23-20-12)7-9-5-6-13(26-9)15-21-22-16(25-15)14(18)19/h1-6,8,14H,7H2. The number of nitrogens with zero attached hydrogens (tertiary/aromatic N) is 5. The second-order valence-electron chi connectivity index (χ2n) is 5.29. The Balaban J connectivity index is 1.52. The Hall–Kier alpha value is -2.65. The Kier molecular flexibility index (Phi) is 4.48. The van der Waals surface area contributed by atoms with Crippen molar-refractivity contribution in [3.63, 3.8) is 0 Å². The molecular formula is C16H10ClF2N5OS. The van der Waals surface area contributed by atoms with Gasteiger partial charge in [-0.2, -0.15) is 8.78 Å². The highest BCUT2D eigenvalue weighted by Crippen LogP contribution is 2.30. The van der Waals surface area contributed by atoms with Crippen molar-refractivity contribution < 1.29 is 13.2 Å². The predicted octanol–water partition coefficient (Wildman–Crippen LogP) is 4.70. The van der Waals surface area contributed by atoms with E-state index in [1.807, 2.05) is 24.3 Å². The lowest BCUT2D eigenvalue weighted by atomic mass is 10.2. The maximum atomic E-state index is 12.5. The quantitative estimate of drug-likeness (QED) is 0.491. The van der Waals surface area contributed by atoms with Gasteiger partial charge in [-0.15, -0.1) is 26.6 Å². The fourth-order valence-corrected chi connectivity index (χ4v) is 3.48. The van der Waals surface area contributed by atoms with Crippen molar-refractivity contribution in [2.75, 3.05) is 0 Å². The number of benzene rings is 1. The molecule has 0 amide bonds. The topological polar surface area (TPSA) is 69.6 Å². The molecule has 0 radical (unpaired) electrons. The normalized spacial score (nSPS) is 11.4. The fourth-order valence-electron chi connectivity index (χ4n) is 2.33. The molecule has 0 aliphatic carbocycles. The molecule has 4 rings (SSSR count). The summed E-state index contributed by atoms with van der Waals surface area (Å²) in [5.74, 6) is -0.609. The Morgan fingerprint density at radius 2 is 1.96 bits per heavy atom. The van der Waals surface area contributed by atoms with Crippen molar-refractivity contribution >= 4 is 22.9 Å². The van der Waals surface area contributed by atoms with Crippen LogP contribution in [-0.4, -0.2) is 25.2 Å².